The van der Waals surface area contributed by atoms with Gasteiger partial charge in [-0.2, -0.15) is 4.98 Å². The molecular formula is C17H22N6O9S. The van der Waals surface area contributed by atoms with Crippen molar-refractivity contribution in [1.29, 1.82) is 0 Å². The number of nitrogen functional groups attached to an aromatic ring is 1. The number of carbonyl (C=O) groups excluding carboxylic acids is 3. The minimum absolute atomic E-state index is 0.0412. The second-order valence-electron chi connectivity index (χ2n) is 7.29. The zero-order valence-electron chi connectivity index (χ0n) is 17.9. The van der Waals surface area contributed by atoms with Crippen LogP contribution in [0.4, 0.5) is 5.95 Å². The summed E-state index contributed by atoms with van der Waals surface area (Å²) in [7, 11) is -2.66. The number of methoxy groups -OCH3 is 1. The third-order valence-corrected chi connectivity index (χ3v) is 5.26. The van der Waals surface area contributed by atoms with Gasteiger partial charge in [-0.15, -0.1) is 0 Å². The lowest BCUT2D eigenvalue weighted by Crippen LogP contribution is -2.38. The highest BCUT2D eigenvalue weighted by Crippen LogP contribution is 2.34. The average molecular weight is 486 g/mol. The van der Waals surface area contributed by atoms with E-state index >= 15 is 0 Å². The number of nitrogens with two attached hydrogens (primary N) is 1. The Balaban J connectivity index is 2.08. The fourth-order valence-electron chi connectivity index (χ4n) is 3.50. The van der Waals surface area contributed by atoms with E-state index < -0.39 is 58.5 Å². The van der Waals surface area contributed by atoms with Gasteiger partial charge in [0.1, 0.15) is 18.2 Å². The van der Waals surface area contributed by atoms with Crippen LogP contribution in [0.3, 0.4) is 0 Å². The number of anilines is 1. The van der Waals surface area contributed by atoms with Gasteiger partial charge in [-0.3, -0.25) is 23.7 Å². The van der Waals surface area contributed by atoms with Gasteiger partial charge in [-0.05, 0) is 0 Å². The van der Waals surface area contributed by atoms with Crippen LogP contribution < -0.4 is 16.1 Å². The van der Waals surface area contributed by atoms with Crippen LogP contribution in [-0.2, 0) is 45.2 Å². The standard InChI is InChI=1S/C17H22N6O9S/c1-8(24)31-11-4-9(5-13(26)30-2)32-15(11)23-14-10(6-19-16(18)20-14)22(17(23)27)7-12(25)21-33(3,28)29/h6,9,11,15H,4-5,7H2,1-3H3,(H,21,25)(H2,18,19,20)/t9-,11+,15+/m0/s1. The highest BCUT2D eigenvalue weighted by atomic mass is 32.2. The molecule has 0 aromatic carbocycles. The van der Waals surface area contributed by atoms with Crippen molar-refractivity contribution in [2.75, 3.05) is 19.1 Å². The molecule has 1 aliphatic heterocycles. The molecular weight excluding hydrogens is 464 g/mol. The molecule has 3 atom stereocenters. The third kappa shape index (κ3) is 5.46. The first-order chi connectivity index (χ1) is 15.4. The zero-order chi connectivity index (χ0) is 24.5. The number of hydrogen-bond donors (Lipinski definition) is 2. The number of fused-ring (bicyclic) bond motifs is 1. The summed E-state index contributed by atoms with van der Waals surface area (Å²) in [4.78, 5) is 56.6. The largest absolute Gasteiger partial charge is 0.469 e. The van der Waals surface area contributed by atoms with Crippen LogP contribution in [0.25, 0.3) is 11.2 Å². The van der Waals surface area contributed by atoms with E-state index in [-0.39, 0.29) is 30.0 Å². The van der Waals surface area contributed by atoms with Crippen molar-refractivity contribution in [3.8, 4) is 0 Å². The van der Waals surface area contributed by atoms with Crippen molar-refractivity contribution in [2.45, 2.75) is 44.7 Å². The van der Waals surface area contributed by atoms with Crippen LogP contribution in [-0.4, -0.2) is 70.9 Å². The van der Waals surface area contributed by atoms with Crippen LogP contribution in [0.1, 0.15) is 26.0 Å². The molecule has 3 rings (SSSR count). The summed E-state index contributed by atoms with van der Waals surface area (Å²) < 4.78 is 42.2. The first-order valence-corrected chi connectivity index (χ1v) is 11.4. The number of aromatic nitrogens is 4. The lowest BCUT2D eigenvalue weighted by atomic mass is 10.1. The molecule has 16 heteroatoms. The summed E-state index contributed by atoms with van der Waals surface area (Å²) >= 11 is 0. The molecule has 0 radical (unpaired) electrons. The normalized spacial score (nSPS) is 20.5. The monoisotopic (exact) mass is 486 g/mol. The Morgan fingerprint density at radius 1 is 1.36 bits per heavy atom. The molecule has 3 heterocycles. The van der Waals surface area contributed by atoms with Crippen LogP contribution in [0.5, 0.6) is 0 Å². The summed E-state index contributed by atoms with van der Waals surface area (Å²) in [5.41, 5.74) is 4.86. The number of esters is 2. The smallest absolute Gasteiger partial charge is 0.333 e. The van der Waals surface area contributed by atoms with Crippen LogP contribution >= 0.6 is 0 Å². The van der Waals surface area contributed by atoms with Crippen LogP contribution in [0.15, 0.2) is 11.0 Å². The van der Waals surface area contributed by atoms with Crippen molar-refractivity contribution in [2.24, 2.45) is 0 Å². The van der Waals surface area contributed by atoms with Gasteiger partial charge in [0.15, 0.2) is 11.9 Å². The molecule has 1 amide bonds. The van der Waals surface area contributed by atoms with Gasteiger partial charge in [0.2, 0.25) is 16.0 Å². The number of rotatable bonds is 7. The number of nitrogens with one attached hydrogen (secondary N) is 1. The molecule has 0 unspecified atom stereocenters. The molecule has 1 aliphatic rings. The van der Waals surface area contributed by atoms with E-state index in [4.69, 9.17) is 15.2 Å². The second-order valence-corrected chi connectivity index (χ2v) is 9.03. The Hall–Kier alpha value is -3.53. The van der Waals surface area contributed by atoms with Gasteiger partial charge >= 0.3 is 17.6 Å². The number of nitrogens with zero attached hydrogens (tertiary/aromatic N) is 4. The average Bonchev–Trinajstić information content (AvgIpc) is 3.17. The van der Waals surface area contributed by atoms with E-state index in [1.807, 2.05) is 0 Å². The molecule has 0 bridgehead atoms. The third-order valence-electron chi connectivity index (χ3n) is 4.66. The van der Waals surface area contributed by atoms with Crippen molar-refractivity contribution >= 4 is 45.0 Å². The maximum absolute atomic E-state index is 13.3. The van der Waals surface area contributed by atoms with Gasteiger partial charge in [-0.1, -0.05) is 0 Å². The molecule has 1 saturated heterocycles. The molecule has 1 fully saturated rings. The van der Waals surface area contributed by atoms with E-state index in [2.05, 4.69) is 14.7 Å². The van der Waals surface area contributed by atoms with Crippen molar-refractivity contribution < 1.29 is 37.0 Å². The number of carbonyl (C=O) groups is 3. The van der Waals surface area contributed by atoms with Gasteiger partial charge in [0, 0.05) is 13.3 Å². The van der Waals surface area contributed by atoms with Crippen molar-refractivity contribution in [1.82, 2.24) is 23.8 Å². The van der Waals surface area contributed by atoms with Gasteiger partial charge in [0.25, 0.3) is 5.91 Å². The summed E-state index contributed by atoms with van der Waals surface area (Å²) in [5, 5.41) is 0. The lowest BCUT2D eigenvalue weighted by molar-refractivity contribution is -0.153. The summed E-state index contributed by atoms with van der Waals surface area (Å²) in [6, 6.07) is 0. The topological polar surface area (TPSA) is 204 Å². The number of ether oxygens (including phenoxy) is 3. The lowest BCUT2D eigenvalue weighted by Gasteiger charge is -2.19. The number of hydrogen-bond acceptors (Lipinski definition) is 12. The van der Waals surface area contributed by atoms with Gasteiger partial charge in [-0.25, -0.2) is 22.8 Å². The zero-order valence-corrected chi connectivity index (χ0v) is 18.7. The number of sulfonamides is 1. The molecule has 15 nitrogen and oxygen atoms in total. The highest BCUT2D eigenvalue weighted by Gasteiger charge is 2.42. The molecule has 0 saturated carbocycles. The Bertz CT molecular complexity index is 1270. The summed E-state index contributed by atoms with van der Waals surface area (Å²) in [6.45, 7) is 0.492. The fourth-order valence-corrected chi connectivity index (χ4v) is 3.98. The van der Waals surface area contributed by atoms with E-state index in [0.29, 0.717) is 0 Å². The molecule has 0 spiro atoms. The molecule has 0 aliphatic carbocycles. The molecule has 2 aromatic heterocycles. The van der Waals surface area contributed by atoms with Crippen LogP contribution in [0.2, 0.25) is 0 Å². The maximum Gasteiger partial charge on any atom is 0.333 e. The van der Waals surface area contributed by atoms with Gasteiger partial charge in [0.05, 0.1) is 32.1 Å². The van der Waals surface area contributed by atoms with E-state index in [1.165, 1.54) is 20.2 Å². The SMILES string of the molecule is COC(=O)C[C@@H]1C[C@@H](OC(C)=O)[C@H](n2c(=O)n(CC(=O)NS(C)(=O)=O)c3cnc(N)nc32)O1. The van der Waals surface area contributed by atoms with Gasteiger partial charge < -0.3 is 19.9 Å². The molecule has 180 valence electrons. The number of amides is 1. The first kappa shape index (κ1) is 24.1. The maximum atomic E-state index is 13.3. The predicted octanol–water partition coefficient (Wildman–Crippen LogP) is -1.97. The van der Waals surface area contributed by atoms with Crippen LogP contribution in [0, 0.1) is 0 Å². The van der Waals surface area contributed by atoms with E-state index in [0.717, 1.165) is 15.4 Å². The number of imidazole rings is 1. The summed E-state index contributed by atoms with van der Waals surface area (Å²) in [6.07, 6.45) is -1.05. The van der Waals surface area contributed by atoms with Crippen molar-refractivity contribution in [3.63, 3.8) is 0 Å². The molecule has 3 N–H and O–H groups in total. The quantitative estimate of drug-likeness (QED) is 0.409. The Morgan fingerprint density at radius 2 is 2.06 bits per heavy atom. The highest BCUT2D eigenvalue weighted by molar-refractivity contribution is 7.89. The van der Waals surface area contributed by atoms with E-state index in [1.54, 1.807) is 4.72 Å². The van der Waals surface area contributed by atoms with Crippen molar-refractivity contribution in [3.05, 3.63) is 16.7 Å². The first-order valence-electron chi connectivity index (χ1n) is 9.53. The fraction of sp³-hybridized carbons (Fsp3) is 0.529. The Labute approximate surface area is 186 Å². The molecule has 2 aromatic rings. The molecule has 33 heavy (non-hydrogen) atoms. The predicted molar refractivity (Wildman–Crippen MR) is 110 cm³/mol. The minimum Gasteiger partial charge on any atom is -0.469 e. The Morgan fingerprint density at radius 3 is 2.67 bits per heavy atom. The van der Waals surface area contributed by atoms with E-state index in [9.17, 15) is 27.6 Å². The Kier molecular flexibility index (Phi) is 6.68. The second kappa shape index (κ2) is 9.14. The summed E-state index contributed by atoms with van der Waals surface area (Å²) in [5.74, 6) is -2.39. The minimum atomic E-state index is -3.87.